The molecule has 0 bridgehead atoms. The molecule has 1 amide bonds. The second-order valence-corrected chi connectivity index (χ2v) is 9.88. The molecule has 0 radical (unpaired) electrons. The van der Waals surface area contributed by atoms with Gasteiger partial charge in [-0.2, -0.15) is 0 Å². The normalized spacial score (nSPS) is 28.0. The zero-order valence-corrected chi connectivity index (χ0v) is 16.2. The molecular formula is C20H28N2O3S. The van der Waals surface area contributed by atoms with Gasteiger partial charge in [0.15, 0.2) is 0 Å². The minimum absolute atomic E-state index is 0.00651. The third-order valence-electron chi connectivity index (χ3n) is 6.63. The van der Waals surface area contributed by atoms with Crippen LogP contribution >= 0.6 is 0 Å². The first-order valence-corrected chi connectivity index (χ1v) is 11.3. The molecule has 0 spiro atoms. The number of hydrogen-bond donors (Lipinski definition) is 1. The summed E-state index contributed by atoms with van der Waals surface area (Å²) in [5.74, 6) is 2.03. The number of rotatable bonds is 4. The molecule has 2 fully saturated rings. The topological polar surface area (TPSA) is 66.5 Å². The van der Waals surface area contributed by atoms with Crippen molar-refractivity contribution in [3.63, 3.8) is 0 Å². The van der Waals surface area contributed by atoms with Gasteiger partial charge in [-0.1, -0.05) is 12.8 Å². The number of carbonyl (C=O) groups is 1. The highest BCUT2D eigenvalue weighted by atomic mass is 32.2. The number of fused-ring (bicyclic) bond motifs is 2. The number of hydrogen-bond acceptors (Lipinski definition) is 3. The Hall–Kier alpha value is -1.40. The molecule has 1 aromatic carbocycles. The van der Waals surface area contributed by atoms with Crippen molar-refractivity contribution in [3.05, 3.63) is 23.8 Å². The van der Waals surface area contributed by atoms with Crippen LogP contribution in [0.25, 0.3) is 0 Å². The number of anilines is 1. The Balaban J connectivity index is 1.48. The monoisotopic (exact) mass is 376 g/mol. The zero-order chi connectivity index (χ0) is 18.3. The lowest BCUT2D eigenvalue weighted by Gasteiger charge is -2.29. The van der Waals surface area contributed by atoms with Gasteiger partial charge in [-0.05, 0) is 73.6 Å². The van der Waals surface area contributed by atoms with E-state index in [1.54, 1.807) is 30.0 Å². The Kier molecular flexibility index (Phi) is 4.82. The van der Waals surface area contributed by atoms with Crippen molar-refractivity contribution in [2.24, 2.45) is 17.8 Å². The summed E-state index contributed by atoms with van der Waals surface area (Å²) in [5.41, 5.74) is 1.80. The van der Waals surface area contributed by atoms with Gasteiger partial charge in [-0.3, -0.25) is 4.79 Å². The lowest BCUT2D eigenvalue weighted by Crippen LogP contribution is -2.34. The van der Waals surface area contributed by atoms with Crippen molar-refractivity contribution in [1.82, 2.24) is 4.72 Å². The predicted octanol–water partition coefficient (Wildman–Crippen LogP) is 3.09. The van der Waals surface area contributed by atoms with Crippen LogP contribution in [0.15, 0.2) is 23.1 Å². The van der Waals surface area contributed by atoms with Crippen molar-refractivity contribution in [2.75, 3.05) is 18.0 Å². The maximum Gasteiger partial charge on any atom is 0.240 e. The molecule has 1 aliphatic heterocycles. The number of nitrogens with one attached hydrogen (secondary N) is 1. The summed E-state index contributed by atoms with van der Waals surface area (Å²) in [6.07, 6.45) is 7.98. The fraction of sp³-hybridized carbons (Fsp3) is 0.650. The van der Waals surface area contributed by atoms with Gasteiger partial charge in [0.25, 0.3) is 0 Å². The smallest absolute Gasteiger partial charge is 0.240 e. The minimum atomic E-state index is -3.50. The fourth-order valence-electron chi connectivity index (χ4n) is 5.31. The van der Waals surface area contributed by atoms with Gasteiger partial charge in [0, 0.05) is 25.7 Å². The summed E-state index contributed by atoms with van der Waals surface area (Å²) in [7, 11) is -3.50. The molecule has 0 unspecified atom stereocenters. The van der Waals surface area contributed by atoms with E-state index in [2.05, 4.69) is 4.72 Å². The number of nitrogens with zero attached hydrogens (tertiary/aromatic N) is 1. The first-order valence-electron chi connectivity index (χ1n) is 9.86. The van der Waals surface area contributed by atoms with Crippen LogP contribution in [0.3, 0.4) is 0 Å². The standard InChI is InChI=1S/C20H28N2O3S/c1-14(23)22-11-3-5-16-12-18(9-10-20(16)22)26(24,25)21-13-17-8-7-15-4-2-6-19(15)17/h9-10,12,15,17,19,21H,2-8,11,13H2,1H3/t15-,17+,19-/m0/s1. The lowest BCUT2D eigenvalue weighted by atomic mass is 9.92. The second-order valence-electron chi connectivity index (χ2n) is 8.11. The Morgan fingerprint density at radius 1 is 1.19 bits per heavy atom. The van der Waals surface area contributed by atoms with Crippen LogP contribution in [0.1, 0.15) is 51.0 Å². The Morgan fingerprint density at radius 3 is 2.85 bits per heavy atom. The van der Waals surface area contributed by atoms with Gasteiger partial charge >= 0.3 is 0 Å². The highest BCUT2D eigenvalue weighted by Crippen LogP contribution is 2.47. The third-order valence-corrected chi connectivity index (χ3v) is 8.05. The van der Waals surface area contributed by atoms with E-state index in [-0.39, 0.29) is 5.91 Å². The molecule has 142 valence electrons. The number of benzene rings is 1. The van der Waals surface area contributed by atoms with Crippen molar-refractivity contribution < 1.29 is 13.2 Å². The summed E-state index contributed by atoms with van der Waals surface area (Å²) in [6.45, 7) is 2.82. The molecular weight excluding hydrogens is 348 g/mol. The maximum absolute atomic E-state index is 12.8. The highest BCUT2D eigenvalue weighted by Gasteiger charge is 2.39. The minimum Gasteiger partial charge on any atom is -0.312 e. The average molecular weight is 377 g/mol. The highest BCUT2D eigenvalue weighted by molar-refractivity contribution is 7.89. The van der Waals surface area contributed by atoms with Crippen LogP contribution in [0.2, 0.25) is 0 Å². The molecule has 26 heavy (non-hydrogen) atoms. The molecule has 1 aromatic rings. The van der Waals surface area contributed by atoms with Gasteiger partial charge in [-0.25, -0.2) is 13.1 Å². The molecule has 0 aromatic heterocycles. The number of sulfonamides is 1. The quantitative estimate of drug-likeness (QED) is 0.878. The fourth-order valence-corrected chi connectivity index (χ4v) is 6.45. The molecule has 2 aliphatic carbocycles. The van der Waals surface area contributed by atoms with Gasteiger partial charge < -0.3 is 4.90 Å². The van der Waals surface area contributed by atoms with E-state index in [9.17, 15) is 13.2 Å². The Labute approximate surface area is 156 Å². The van der Waals surface area contributed by atoms with E-state index >= 15 is 0 Å². The van der Waals surface area contributed by atoms with Gasteiger partial charge in [0.05, 0.1) is 4.90 Å². The molecule has 5 nitrogen and oxygen atoms in total. The molecule has 6 heteroatoms. The summed E-state index contributed by atoms with van der Waals surface area (Å²) in [5, 5.41) is 0. The van der Waals surface area contributed by atoms with Gasteiger partial charge in [0.2, 0.25) is 15.9 Å². The summed E-state index contributed by atoms with van der Waals surface area (Å²) < 4.78 is 28.4. The van der Waals surface area contributed by atoms with Crippen LogP contribution in [0.5, 0.6) is 0 Å². The molecule has 0 saturated heterocycles. The number of amides is 1. The van der Waals surface area contributed by atoms with E-state index in [1.807, 2.05) is 0 Å². The molecule has 4 rings (SSSR count). The van der Waals surface area contributed by atoms with Crippen LogP contribution in [0, 0.1) is 17.8 Å². The molecule has 3 aliphatic rings. The predicted molar refractivity (Wildman–Crippen MR) is 102 cm³/mol. The number of carbonyl (C=O) groups excluding carboxylic acids is 1. The second kappa shape index (κ2) is 6.97. The van der Waals surface area contributed by atoms with E-state index in [4.69, 9.17) is 0 Å². The van der Waals surface area contributed by atoms with Crippen molar-refractivity contribution in [2.45, 2.75) is 56.8 Å². The lowest BCUT2D eigenvalue weighted by molar-refractivity contribution is -0.116. The van der Waals surface area contributed by atoms with Gasteiger partial charge in [0.1, 0.15) is 0 Å². The first kappa shape index (κ1) is 18.0. The van der Waals surface area contributed by atoms with E-state index in [1.165, 1.54) is 25.7 Å². The zero-order valence-electron chi connectivity index (χ0n) is 15.4. The summed E-state index contributed by atoms with van der Waals surface area (Å²) in [4.78, 5) is 13.8. The van der Waals surface area contributed by atoms with Crippen molar-refractivity contribution >= 4 is 21.6 Å². The number of aryl methyl sites for hydroxylation is 1. The average Bonchev–Trinajstić information content (AvgIpc) is 3.23. The van der Waals surface area contributed by atoms with E-state index in [0.29, 0.717) is 29.8 Å². The Bertz CT molecular complexity index is 805. The molecule has 1 N–H and O–H groups in total. The van der Waals surface area contributed by atoms with E-state index in [0.717, 1.165) is 36.4 Å². The van der Waals surface area contributed by atoms with Crippen LogP contribution in [0.4, 0.5) is 5.69 Å². The van der Waals surface area contributed by atoms with Crippen molar-refractivity contribution in [1.29, 1.82) is 0 Å². The maximum atomic E-state index is 12.8. The summed E-state index contributed by atoms with van der Waals surface area (Å²) >= 11 is 0. The van der Waals surface area contributed by atoms with Crippen LogP contribution in [-0.4, -0.2) is 27.4 Å². The summed E-state index contributed by atoms with van der Waals surface area (Å²) in [6, 6.07) is 5.17. The van der Waals surface area contributed by atoms with Crippen LogP contribution < -0.4 is 9.62 Å². The third kappa shape index (κ3) is 3.29. The molecule has 2 saturated carbocycles. The molecule has 3 atom stereocenters. The largest absolute Gasteiger partial charge is 0.312 e. The van der Waals surface area contributed by atoms with Crippen molar-refractivity contribution in [3.8, 4) is 0 Å². The molecule has 1 heterocycles. The Morgan fingerprint density at radius 2 is 2.04 bits per heavy atom. The van der Waals surface area contributed by atoms with Gasteiger partial charge in [-0.15, -0.1) is 0 Å². The van der Waals surface area contributed by atoms with E-state index < -0.39 is 10.0 Å². The first-order chi connectivity index (χ1) is 12.5. The van der Waals surface area contributed by atoms with Crippen LogP contribution in [-0.2, 0) is 21.2 Å². The SMILES string of the molecule is CC(=O)N1CCCc2cc(S(=O)(=O)NC[C@H]3CC[C@@H]4CCC[C@@H]43)ccc21.